The van der Waals surface area contributed by atoms with Crippen LogP contribution in [-0.4, -0.2) is 66.6 Å². The van der Waals surface area contributed by atoms with Crippen LogP contribution in [0.3, 0.4) is 0 Å². The quantitative estimate of drug-likeness (QED) is 0.184. The van der Waals surface area contributed by atoms with Gasteiger partial charge in [-0.3, -0.25) is 19.8 Å². The number of carbonyl (C=O) groups excluding carboxylic acids is 3. The van der Waals surface area contributed by atoms with Gasteiger partial charge < -0.3 is 35.5 Å². The van der Waals surface area contributed by atoms with Crippen molar-refractivity contribution in [1.29, 1.82) is 5.41 Å². The van der Waals surface area contributed by atoms with Crippen LogP contribution in [0.4, 0.5) is 0 Å². The maximum Gasteiger partial charge on any atom is 0.251 e. The Labute approximate surface area is 250 Å². The first-order valence-corrected chi connectivity index (χ1v) is 15.1. The zero-order chi connectivity index (χ0) is 29.4. The summed E-state index contributed by atoms with van der Waals surface area (Å²) >= 11 is 2.90. The second-order valence-corrected chi connectivity index (χ2v) is 12.3. The first kappa shape index (κ1) is 28.2. The van der Waals surface area contributed by atoms with Gasteiger partial charge >= 0.3 is 0 Å². The van der Waals surface area contributed by atoms with Gasteiger partial charge in [-0.25, -0.2) is 0 Å². The van der Waals surface area contributed by atoms with Gasteiger partial charge in [0.25, 0.3) is 5.91 Å². The predicted molar refractivity (Wildman–Crippen MR) is 156 cm³/mol. The van der Waals surface area contributed by atoms with E-state index < -0.39 is 23.6 Å². The van der Waals surface area contributed by atoms with E-state index in [1.165, 1.54) is 28.0 Å². The van der Waals surface area contributed by atoms with Gasteiger partial charge in [0.15, 0.2) is 5.79 Å². The third kappa shape index (κ3) is 5.60. The molecule has 4 heterocycles. The predicted octanol–water partition coefficient (Wildman–Crippen LogP) is 3.24. The van der Waals surface area contributed by atoms with E-state index in [2.05, 4.69) is 10.6 Å². The van der Waals surface area contributed by atoms with Crippen LogP contribution < -0.4 is 21.1 Å². The van der Waals surface area contributed by atoms with Gasteiger partial charge in [0, 0.05) is 27.8 Å². The molecule has 218 valence electrons. The Bertz CT molecular complexity index is 1570. The van der Waals surface area contributed by atoms with Crippen molar-refractivity contribution in [3.63, 3.8) is 0 Å². The minimum atomic E-state index is -1.05. The summed E-state index contributed by atoms with van der Waals surface area (Å²) in [5.74, 6) is -0.872. The average molecular weight is 608 g/mol. The molecule has 1 spiro atoms. The zero-order valence-corrected chi connectivity index (χ0v) is 24.3. The number of ether oxygens (including phenoxy) is 3. The van der Waals surface area contributed by atoms with Crippen LogP contribution in [0.5, 0.6) is 11.5 Å². The van der Waals surface area contributed by atoms with E-state index in [0.717, 1.165) is 20.4 Å². The summed E-state index contributed by atoms with van der Waals surface area (Å²) in [5, 5.41) is 15.0. The van der Waals surface area contributed by atoms with E-state index in [4.69, 9.17) is 25.4 Å². The van der Waals surface area contributed by atoms with E-state index >= 15 is 0 Å². The molecule has 0 bridgehead atoms. The van der Waals surface area contributed by atoms with Gasteiger partial charge in [-0.2, -0.15) is 0 Å². The molecule has 3 aliphatic rings. The number of rotatable bonds is 7. The fourth-order valence-electron chi connectivity index (χ4n) is 5.17. The van der Waals surface area contributed by atoms with E-state index in [1.54, 1.807) is 29.6 Å². The Morgan fingerprint density at radius 1 is 1.10 bits per heavy atom. The van der Waals surface area contributed by atoms with Crippen molar-refractivity contribution >= 4 is 46.7 Å². The topological polar surface area (TPSA) is 156 Å². The molecule has 6 rings (SSSR count). The number of nitrogens with two attached hydrogens (primary N) is 1. The van der Waals surface area contributed by atoms with Crippen LogP contribution in [0.1, 0.15) is 40.2 Å². The van der Waals surface area contributed by atoms with Crippen molar-refractivity contribution in [3.05, 3.63) is 69.9 Å². The molecular formula is C29H29N5O6S2. The molecule has 1 aromatic heterocycles. The van der Waals surface area contributed by atoms with Gasteiger partial charge in [0.05, 0.1) is 42.1 Å². The normalized spacial score (nSPS) is 19.0. The minimum Gasteiger partial charge on any atom is -0.455 e. The molecule has 0 radical (unpaired) electrons. The average Bonchev–Trinajstić information content (AvgIpc) is 3.75. The number of para-hydroxylation sites is 1. The first-order chi connectivity index (χ1) is 20.2. The highest BCUT2D eigenvalue weighted by Crippen LogP contribution is 2.47. The van der Waals surface area contributed by atoms with Gasteiger partial charge in [0.2, 0.25) is 11.8 Å². The molecule has 11 nitrogen and oxygen atoms in total. The SMILES string of the molecule is CC(NC(=O)[C@@H]1CC2(CN1C(=O)CNC(=O)c1ccc3c(c1)Sc1ccccc1O3)OCCO2)c1cc(C(=N)N)cs1. The molecular weight excluding hydrogens is 578 g/mol. The molecule has 2 aromatic carbocycles. The van der Waals surface area contributed by atoms with Crippen molar-refractivity contribution in [3.8, 4) is 11.5 Å². The molecule has 5 N–H and O–H groups in total. The lowest BCUT2D eigenvalue weighted by Gasteiger charge is -2.25. The number of amides is 3. The number of thiophene rings is 1. The van der Waals surface area contributed by atoms with Crippen molar-refractivity contribution < 1.29 is 28.6 Å². The lowest BCUT2D eigenvalue weighted by Crippen LogP contribution is -2.49. The summed E-state index contributed by atoms with van der Waals surface area (Å²) in [7, 11) is 0. The van der Waals surface area contributed by atoms with Gasteiger partial charge in [-0.15, -0.1) is 11.3 Å². The summed E-state index contributed by atoms with van der Waals surface area (Å²) in [5.41, 5.74) is 6.55. The third-order valence-corrected chi connectivity index (χ3v) is 9.55. The lowest BCUT2D eigenvalue weighted by molar-refractivity contribution is -0.152. The molecule has 0 aliphatic carbocycles. The Kier molecular flexibility index (Phi) is 7.66. The van der Waals surface area contributed by atoms with Crippen LogP contribution in [-0.2, 0) is 19.1 Å². The molecule has 0 saturated carbocycles. The molecule has 3 aliphatic heterocycles. The van der Waals surface area contributed by atoms with Crippen LogP contribution in [0.15, 0.2) is 63.7 Å². The summed E-state index contributed by atoms with van der Waals surface area (Å²) in [6.45, 7) is 2.35. The Morgan fingerprint density at radius 2 is 1.86 bits per heavy atom. The molecule has 1 unspecified atom stereocenters. The number of benzene rings is 2. The molecule has 3 aromatic rings. The Balaban J connectivity index is 1.11. The van der Waals surface area contributed by atoms with Crippen molar-refractivity contribution in [1.82, 2.24) is 15.5 Å². The maximum absolute atomic E-state index is 13.4. The fraction of sp³-hybridized carbons (Fsp3) is 0.310. The highest BCUT2D eigenvalue weighted by Gasteiger charge is 2.52. The standard InChI is InChI=1S/C29H29N5O6S2/c1-16(23-11-18(14-41-23)26(30)31)33-28(37)19-12-29(38-8-9-39-29)15-34(19)25(35)13-32-27(36)17-6-7-21-24(10-17)42-22-5-3-2-4-20(22)40-21/h2-7,10-11,14,16,19H,8-9,12-13,15H2,1H3,(H3,30,31)(H,32,36)(H,33,37)/t16?,19-/m0/s1. The Hall–Kier alpha value is -3.91. The van der Waals surface area contributed by atoms with Crippen molar-refractivity contribution in [2.24, 2.45) is 5.73 Å². The van der Waals surface area contributed by atoms with Crippen LogP contribution >= 0.6 is 23.1 Å². The van der Waals surface area contributed by atoms with E-state index in [-0.39, 0.29) is 37.3 Å². The lowest BCUT2D eigenvalue weighted by atomic mass is 10.1. The van der Waals surface area contributed by atoms with Gasteiger partial charge in [-0.05, 0) is 43.3 Å². The molecule has 2 fully saturated rings. The number of nitrogens with one attached hydrogen (secondary N) is 3. The van der Waals surface area contributed by atoms with E-state index in [0.29, 0.717) is 30.1 Å². The zero-order valence-electron chi connectivity index (χ0n) is 22.7. The first-order valence-electron chi connectivity index (χ1n) is 13.4. The van der Waals surface area contributed by atoms with Crippen LogP contribution in [0.2, 0.25) is 0 Å². The largest absolute Gasteiger partial charge is 0.455 e. The number of hydrogen-bond acceptors (Lipinski definition) is 9. The fourth-order valence-corrected chi connectivity index (χ4v) is 7.08. The van der Waals surface area contributed by atoms with Crippen LogP contribution in [0, 0.1) is 5.41 Å². The molecule has 42 heavy (non-hydrogen) atoms. The highest BCUT2D eigenvalue weighted by molar-refractivity contribution is 7.99. The minimum absolute atomic E-state index is 0.0454. The molecule has 2 atom stereocenters. The third-order valence-electron chi connectivity index (χ3n) is 7.34. The summed E-state index contributed by atoms with van der Waals surface area (Å²) in [4.78, 5) is 43.9. The number of nitrogens with zero attached hydrogens (tertiary/aromatic N) is 1. The smallest absolute Gasteiger partial charge is 0.251 e. The number of likely N-dealkylation sites (tertiary alicyclic amines) is 1. The summed E-state index contributed by atoms with van der Waals surface area (Å²) < 4.78 is 17.6. The second kappa shape index (κ2) is 11.4. The maximum atomic E-state index is 13.4. The van der Waals surface area contributed by atoms with Crippen molar-refractivity contribution in [2.75, 3.05) is 26.3 Å². The molecule has 2 saturated heterocycles. The number of amidine groups is 1. The molecule has 13 heteroatoms. The van der Waals surface area contributed by atoms with E-state index in [1.807, 2.05) is 31.2 Å². The van der Waals surface area contributed by atoms with Crippen LogP contribution in [0.25, 0.3) is 0 Å². The molecule has 3 amide bonds. The number of carbonyl (C=O) groups is 3. The Morgan fingerprint density at radius 3 is 2.62 bits per heavy atom. The highest BCUT2D eigenvalue weighted by atomic mass is 32.2. The van der Waals surface area contributed by atoms with Crippen molar-refractivity contribution in [2.45, 2.75) is 41.0 Å². The van der Waals surface area contributed by atoms with E-state index in [9.17, 15) is 14.4 Å². The summed E-state index contributed by atoms with van der Waals surface area (Å²) in [6, 6.07) is 13.3. The second-order valence-electron chi connectivity index (χ2n) is 10.2. The van der Waals surface area contributed by atoms with Gasteiger partial charge in [0.1, 0.15) is 23.4 Å². The summed E-state index contributed by atoms with van der Waals surface area (Å²) in [6.07, 6.45) is 0.178. The number of nitrogen functional groups attached to an aromatic ring is 1. The van der Waals surface area contributed by atoms with Gasteiger partial charge in [-0.1, -0.05) is 23.9 Å². The number of hydrogen-bond donors (Lipinski definition) is 4. The number of fused-ring (bicyclic) bond motifs is 2. The monoisotopic (exact) mass is 607 g/mol.